The molecule has 114 valence electrons. The van der Waals surface area contributed by atoms with Crippen LogP contribution in [0.4, 0.5) is 0 Å². The maximum Gasteiger partial charge on any atom is 0.162 e. The van der Waals surface area contributed by atoms with Gasteiger partial charge < -0.3 is 15.2 Å². The van der Waals surface area contributed by atoms with Crippen LogP contribution < -0.4 is 15.2 Å². The van der Waals surface area contributed by atoms with Crippen LogP contribution in [-0.4, -0.2) is 13.2 Å². The summed E-state index contributed by atoms with van der Waals surface area (Å²) in [4.78, 5) is 1.10. The van der Waals surface area contributed by atoms with Crippen molar-refractivity contribution in [2.75, 3.05) is 7.11 Å². The Kier molecular flexibility index (Phi) is 5.67. The van der Waals surface area contributed by atoms with Gasteiger partial charge in [0.15, 0.2) is 11.5 Å². The first kappa shape index (κ1) is 16.3. The van der Waals surface area contributed by atoms with Gasteiger partial charge in [0, 0.05) is 10.9 Å². The molecule has 0 aliphatic heterocycles. The molecule has 21 heavy (non-hydrogen) atoms. The van der Waals surface area contributed by atoms with E-state index in [-0.39, 0.29) is 12.1 Å². The maximum absolute atomic E-state index is 6.14. The van der Waals surface area contributed by atoms with Crippen LogP contribution >= 0.6 is 27.3 Å². The van der Waals surface area contributed by atoms with E-state index in [1.165, 1.54) is 5.56 Å². The predicted molar refractivity (Wildman–Crippen MR) is 91.4 cm³/mol. The molecule has 2 aromatic rings. The second kappa shape index (κ2) is 7.29. The minimum atomic E-state index is -0.192. The maximum atomic E-state index is 6.14. The molecule has 1 aromatic heterocycles. The molecule has 0 aliphatic carbocycles. The second-order valence-corrected chi connectivity index (χ2v) is 7.37. The third kappa shape index (κ3) is 3.99. The van der Waals surface area contributed by atoms with E-state index in [0.29, 0.717) is 0 Å². The molecule has 0 aliphatic rings. The highest BCUT2D eigenvalue weighted by Gasteiger charge is 2.21. The lowest BCUT2D eigenvalue weighted by Gasteiger charge is -2.23. The summed E-state index contributed by atoms with van der Waals surface area (Å²) in [7, 11) is 1.66. The lowest BCUT2D eigenvalue weighted by atomic mass is 10.1. The van der Waals surface area contributed by atoms with Gasteiger partial charge in [-0.05, 0) is 59.1 Å². The summed E-state index contributed by atoms with van der Waals surface area (Å²) in [5.41, 5.74) is 7.32. The molecular weight excluding hydrogens is 350 g/mol. The average Bonchev–Trinajstić information content (AvgIpc) is 2.90. The lowest BCUT2D eigenvalue weighted by Crippen LogP contribution is -2.28. The zero-order valence-electron chi connectivity index (χ0n) is 12.4. The molecule has 2 N–H and O–H groups in total. The number of ether oxygens (including phenoxy) is 2. The van der Waals surface area contributed by atoms with Gasteiger partial charge in [-0.15, -0.1) is 11.3 Å². The predicted octanol–water partition coefficient (Wildman–Crippen LogP) is 4.55. The summed E-state index contributed by atoms with van der Waals surface area (Å²) in [5.74, 6) is 1.47. The molecule has 0 amide bonds. The Balaban J connectivity index is 2.29. The fourth-order valence-corrected chi connectivity index (χ4v) is 3.64. The van der Waals surface area contributed by atoms with Crippen LogP contribution in [0.2, 0.25) is 0 Å². The zero-order chi connectivity index (χ0) is 15.4. The number of hydrogen-bond acceptors (Lipinski definition) is 4. The number of nitrogens with two attached hydrogens (primary N) is 1. The molecule has 3 nitrogen and oxygen atoms in total. The van der Waals surface area contributed by atoms with Gasteiger partial charge in [-0.3, -0.25) is 0 Å². The van der Waals surface area contributed by atoms with E-state index in [9.17, 15) is 0 Å². The third-order valence-corrected chi connectivity index (χ3v) is 4.93. The Hall–Kier alpha value is -1.04. The minimum Gasteiger partial charge on any atom is -0.493 e. The normalized spacial score (nSPS) is 13.8. The summed E-state index contributed by atoms with van der Waals surface area (Å²) in [6.45, 7) is 4.06. The Labute approximate surface area is 138 Å². The summed E-state index contributed by atoms with van der Waals surface area (Å²) < 4.78 is 12.6. The first-order valence-electron chi connectivity index (χ1n) is 6.89. The molecular formula is C16H20BrNO2S. The van der Waals surface area contributed by atoms with Gasteiger partial charge >= 0.3 is 0 Å². The van der Waals surface area contributed by atoms with Gasteiger partial charge in [0.05, 0.1) is 10.9 Å². The molecule has 1 heterocycles. The van der Waals surface area contributed by atoms with Crippen LogP contribution in [0.1, 0.15) is 30.4 Å². The molecule has 0 fully saturated rings. The molecule has 2 rings (SSSR count). The minimum absolute atomic E-state index is 0.119. The summed E-state index contributed by atoms with van der Waals surface area (Å²) in [6.07, 6.45) is 0.772. The van der Waals surface area contributed by atoms with E-state index in [1.54, 1.807) is 18.4 Å². The Morgan fingerprint density at radius 2 is 2.00 bits per heavy atom. The standard InChI is InChI=1S/C16H20BrNO2S/c1-4-11-5-6-12(13(9-11)19-3)20-16(10(2)18)14-7-8-15(17)21-14/h5-10,16H,4,18H2,1-3H3. The van der Waals surface area contributed by atoms with Crippen LogP contribution in [0.3, 0.4) is 0 Å². The van der Waals surface area contributed by atoms with Crippen molar-refractivity contribution in [1.82, 2.24) is 0 Å². The molecule has 5 heteroatoms. The van der Waals surface area contributed by atoms with Crippen molar-refractivity contribution in [2.45, 2.75) is 32.4 Å². The van der Waals surface area contributed by atoms with E-state index in [2.05, 4.69) is 28.9 Å². The second-order valence-electron chi connectivity index (χ2n) is 4.88. The molecule has 2 unspecified atom stereocenters. The zero-order valence-corrected chi connectivity index (χ0v) is 14.8. The van der Waals surface area contributed by atoms with Crippen molar-refractivity contribution in [1.29, 1.82) is 0 Å². The van der Waals surface area contributed by atoms with Crippen molar-refractivity contribution in [3.63, 3.8) is 0 Å². The number of rotatable bonds is 6. The third-order valence-electron chi connectivity index (χ3n) is 3.24. The van der Waals surface area contributed by atoms with Crippen molar-refractivity contribution in [3.8, 4) is 11.5 Å². The Morgan fingerprint density at radius 3 is 2.52 bits per heavy atom. The number of methoxy groups -OCH3 is 1. The van der Waals surface area contributed by atoms with Gasteiger partial charge in [0.1, 0.15) is 6.10 Å². The van der Waals surface area contributed by atoms with Gasteiger partial charge in [-0.1, -0.05) is 13.0 Å². The fourth-order valence-electron chi connectivity index (χ4n) is 2.07. The van der Waals surface area contributed by atoms with Crippen LogP contribution in [0, 0.1) is 0 Å². The number of aryl methyl sites for hydroxylation is 1. The number of benzene rings is 1. The Morgan fingerprint density at radius 1 is 1.24 bits per heavy atom. The highest BCUT2D eigenvalue weighted by Crippen LogP contribution is 2.36. The molecule has 0 saturated heterocycles. The lowest BCUT2D eigenvalue weighted by molar-refractivity contribution is 0.176. The largest absolute Gasteiger partial charge is 0.493 e. The average molecular weight is 370 g/mol. The van der Waals surface area contributed by atoms with Gasteiger partial charge in [-0.2, -0.15) is 0 Å². The molecule has 0 bridgehead atoms. The van der Waals surface area contributed by atoms with E-state index < -0.39 is 0 Å². The van der Waals surface area contributed by atoms with E-state index in [4.69, 9.17) is 15.2 Å². The van der Waals surface area contributed by atoms with Crippen molar-refractivity contribution >= 4 is 27.3 Å². The molecule has 0 radical (unpaired) electrons. The van der Waals surface area contributed by atoms with E-state index in [1.807, 2.05) is 31.2 Å². The van der Waals surface area contributed by atoms with Gasteiger partial charge in [0.25, 0.3) is 0 Å². The van der Waals surface area contributed by atoms with Crippen molar-refractivity contribution < 1.29 is 9.47 Å². The molecule has 0 spiro atoms. The molecule has 1 aromatic carbocycles. The number of thiophene rings is 1. The quantitative estimate of drug-likeness (QED) is 0.812. The highest BCUT2D eigenvalue weighted by atomic mass is 79.9. The molecule has 2 atom stereocenters. The van der Waals surface area contributed by atoms with E-state index in [0.717, 1.165) is 26.6 Å². The van der Waals surface area contributed by atoms with Crippen LogP contribution in [0.5, 0.6) is 11.5 Å². The number of hydrogen-bond donors (Lipinski definition) is 1. The van der Waals surface area contributed by atoms with Crippen molar-refractivity contribution in [2.24, 2.45) is 5.73 Å². The summed E-state index contributed by atoms with van der Waals surface area (Å²) in [5, 5.41) is 0. The van der Waals surface area contributed by atoms with Gasteiger partial charge in [-0.25, -0.2) is 0 Å². The van der Waals surface area contributed by atoms with Crippen LogP contribution in [0.15, 0.2) is 34.1 Å². The first-order chi connectivity index (χ1) is 10.0. The summed E-state index contributed by atoms with van der Waals surface area (Å²) in [6, 6.07) is 9.95. The molecule has 0 saturated carbocycles. The smallest absolute Gasteiger partial charge is 0.162 e. The van der Waals surface area contributed by atoms with Crippen molar-refractivity contribution in [3.05, 3.63) is 44.6 Å². The topological polar surface area (TPSA) is 44.5 Å². The van der Waals surface area contributed by atoms with Crippen LogP contribution in [-0.2, 0) is 6.42 Å². The summed E-state index contributed by atoms with van der Waals surface area (Å²) >= 11 is 5.11. The van der Waals surface area contributed by atoms with Crippen LogP contribution in [0.25, 0.3) is 0 Å². The monoisotopic (exact) mass is 369 g/mol. The number of halogens is 1. The van der Waals surface area contributed by atoms with E-state index >= 15 is 0 Å². The fraction of sp³-hybridized carbons (Fsp3) is 0.375. The van der Waals surface area contributed by atoms with Gasteiger partial charge in [0.2, 0.25) is 0 Å². The first-order valence-corrected chi connectivity index (χ1v) is 8.50. The highest BCUT2D eigenvalue weighted by molar-refractivity contribution is 9.11. The Bertz CT molecular complexity index is 598. The SMILES string of the molecule is CCc1ccc(OC(c2ccc(Br)s2)C(C)N)c(OC)c1.